The molecule has 0 aliphatic carbocycles. The third-order valence-corrected chi connectivity index (χ3v) is 2.02. The van der Waals surface area contributed by atoms with Crippen molar-refractivity contribution in [3.63, 3.8) is 0 Å². The molecule has 0 bridgehead atoms. The monoisotopic (exact) mass is 238 g/mol. The Balaban J connectivity index is 2.49. The third kappa shape index (κ3) is 5.10. The van der Waals surface area contributed by atoms with E-state index in [1.54, 1.807) is 0 Å². The summed E-state index contributed by atoms with van der Waals surface area (Å²) in [6.45, 7) is -0.363. The number of hydrogen-bond acceptors (Lipinski definition) is 4. The van der Waals surface area contributed by atoms with Crippen LogP contribution < -0.4 is 11.2 Å². The highest BCUT2D eigenvalue weighted by Crippen LogP contribution is 2.03. The summed E-state index contributed by atoms with van der Waals surface area (Å²) < 4.78 is 0. The second-order valence-corrected chi connectivity index (χ2v) is 3.45. The number of nitrogens with one attached hydrogen (secondary N) is 1. The van der Waals surface area contributed by atoms with Gasteiger partial charge in [0.2, 0.25) is 5.91 Å². The highest BCUT2D eigenvalue weighted by Gasteiger charge is 2.17. The van der Waals surface area contributed by atoms with Crippen molar-refractivity contribution >= 4 is 11.9 Å². The number of hydrogen-bond donors (Lipinski definition) is 3. The molecule has 0 saturated carbocycles. The van der Waals surface area contributed by atoms with Gasteiger partial charge in [-0.3, -0.25) is 14.4 Å². The number of carbonyl (C=O) groups excluding carboxylic acids is 1. The molecule has 0 aliphatic rings. The van der Waals surface area contributed by atoms with Crippen LogP contribution >= 0.6 is 0 Å². The zero-order chi connectivity index (χ0) is 12.7. The maximum atomic E-state index is 10.9. The summed E-state index contributed by atoms with van der Waals surface area (Å²) in [4.78, 5) is 26.0. The molecule has 1 atom stereocenters. The normalized spacial score (nSPS) is 12.0. The van der Waals surface area contributed by atoms with Crippen LogP contribution in [0.15, 0.2) is 30.3 Å². The third-order valence-electron chi connectivity index (χ3n) is 2.02. The van der Waals surface area contributed by atoms with Crippen LogP contribution in [-0.2, 0) is 20.8 Å². The SMILES string of the molecule is NC(=O)CON[C@@H](Cc1ccccc1)C(=O)O. The zero-order valence-electron chi connectivity index (χ0n) is 9.13. The minimum absolute atomic E-state index is 0.259. The highest BCUT2D eigenvalue weighted by atomic mass is 16.6. The van der Waals surface area contributed by atoms with E-state index in [0.29, 0.717) is 0 Å². The Hall–Kier alpha value is -1.92. The van der Waals surface area contributed by atoms with E-state index in [-0.39, 0.29) is 13.0 Å². The lowest BCUT2D eigenvalue weighted by atomic mass is 10.1. The molecular weight excluding hydrogens is 224 g/mol. The average molecular weight is 238 g/mol. The Morgan fingerprint density at radius 1 is 1.35 bits per heavy atom. The molecule has 0 saturated heterocycles. The number of amides is 1. The molecule has 1 rings (SSSR count). The van der Waals surface area contributed by atoms with Crippen molar-refractivity contribution in [3.8, 4) is 0 Å². The molecule has 4 N–H and O–H groups in total. The fourth-order valence-corrected chi connectivity index (χ4v) is 1.24. The first-order valence-corrected chi connectivity index (χ1v) is 5.02. The largest absolute Gasteiger partial charge is 0.480 e. The molecule has 1 aromatic rings. The van der Waals surface area contributed by atoms with Crippen molar-refractivity contribution in [3.05, 3.63) is 35.9 Å². The minimum Gasteiger partial charge on any atom is -0.480 e. The van der Waals surface area contributed by atoms with Crippen molar-refractivity contribution in [2.24, 2.45) is 5.73 Å². The average Bonchev–Trinajstić information content (AvgIpc) is 2.28. The predicted octanol–water partition coefficient (Wildman–Crippen LogP) is -0.311. The molecule has 0 aliphatic heterocycles. The van der Waals surface area contributed by atoms with E-state index < -0.39 is 17.9 Å². The van der Waals surface area contributed by atoms with Crippen LogP contribution in [0.2, 0.25) is 0 Å². The fourth-order valence-electron chi connectivity index (χ4n) is 1.24. The topological polar surface area (TPSA) is 102 Å². The van der Waals surface area contributed by atoms with Crippen molar-refractivity contribution < 1.29 is 19.5 Å². The second kappa shape index (κ2) is 6.62. The number of primary amides is 1. The van der Waals surface area contributed by atoms with E-state index in [0.717, 1.165) is 5.56 Å². The summed E-state index contributed by atoms with van der Waals surface area (Å²) in [5.74, 6) is -1.72. The first-order chi connectivity index (χ1) is 8.09. The van der Waals surface area contributed by atoms with Gasteiger partial charge in [-0.05, 0) is 5.56 Å². The number of benzene rings is 1. The molecule has 0 fully saturated rings. The number of hydroxylamine groups is 1. The smallest absolute Gasteiger partial charge is 0.323 e. The standard InChI is InChI=1S/C11H14N2O4/c12-10(14)7-17-13-9(11(15)16)6-8-4-2-1-3-5-8/h1-5,9,13H,6-7H2,(H2,12,14)(H,15,16)/t9-/m0/s1. The van der Waals surface area contributed by atoms with Crippen LogP contribution in [0.5, 0.6) is 0 Å². The van der Waals surface area contributed by atoms with E-state index >= 15 is 0 Å². The van der Waals surface area contributed by atoms with Crippen LogP contribution in [0.4, 0.5) is 0 Å². The molecular formula is C11H14N2O4. The number of nitrogens with two attached hydrogens (primary N) is 1. The van der Waals surface area contributed by atoms with Gasteiger partial charge in [-0.1, -0.05) is 30.3 Å². The molecule has 0 unspecified atom stereocenters. The summed E-state index contributed by atoms with van der Waals surface area (Å²) >= 11 is 0. The Morgan fingerprint density at radius 2 is 2.00 bits per heavy atom. The number of carbonyl (C=O) groups is 2. The van der Waals surface area contributed by atoms with Gasteiger partial charge in [0.15, 0.2) is 0 Å². The zero-order valence-corrected chi connectivity index (χ0v) is 9.13. The van der Waals surface area contributed by atoms with Gasteiger partial charge in [-0.15, -0.1) is 0 Å². The van der Waals surface area contributed by atoms with Gasteiger partial charge in [-0.2, -0.15) is 5.48 Å². The first-order valence-electron chi connectivity index (χ1n) is 5.02. The van der Waals surface area contributed by atoms with Crippen molar-refractivity contribution in [1.82, 2.24) is 5.48 Å². The van der Waals surface area contributed by atoms with Gasteiger partial charge in [-0.25, -0.2) is 0 Å². The van der Waals surface area contributed by atoms with E-state index in [2.05, 4.69) is 10.3 Å². The van der Waals surface area contributed by atoms with Gasteiger partial charge < -0.3 is 10.8 Å². The maximum Gasteiger partial charge on any atom is 0.323 e. The van der Waals surface area contributed by atoms with E-state index in [4.69, 9.17) is 10.8 Å². The van der Waals surface area contributed by atoms with E-state index in [1.165, 1.54) is 0 Å². The van der Waals surface area contributed by atoms with Crippen molar-refractivity contribution in [2.75, 3.05) is 6.61 Å². The van der Waals surface area contributed by atoms with Crippen molar-refractivity contribution in [1.29, 1.82) is 0 Å². The molecule has 17 heavy (non-hydrogen) atoms. The van der Waals surface area contributed by atoms with Crippen LogP contribution in [-0.4, -0.2) is 29.6 Å². The minimum atomic E-state index is -1.06. The molecule has 6 nitrogen and oxygen atoms in total. The molecule has 0 radical (unpaired) electrons. The number of aliphatic carboxylic acids is 1. The molecule has 0 heterocycles. The summed E-state index contributed by atoms with van der Waals surface area (Å²) in [6.07, 6.45) is 0.259. The summed E-state index contributed by atoms with van der Waals surface area (Å²) in [7, 11) is 0. The molecule has 1 amide bonds. The lowest BCUT2D eigenvalue weighted by Gasteiger charge is -2.13. The molecule has 6 heteroatoms. The van der Waals surface area contributed by atoms with Gasteiger partial charge in [0.25, 0.3) is 0 Å². The molecule has 92 valence electrons. The van der Waals surface area contributed by atoms with E-state index in [1.807, 2.05) is 30.3 Å². The number of carboxylic acid groups (broad SMARTS) is 1. The van der Waals surface area contributed by atoms with Gasteiger partial charge in [0.05, 0.1) is 0 Å². The Bertz CT molecular complexity index is 380. The van der Waals surface area contributed by atoms with Crippen molar-refractivity contribution in [2.45, 2.75) is 12.5 Å². The Kier molecular flexibility index (Phi) is 5.12. The molecule has 0 aromatic heterocycles. The Morgan fingerprint density at radius 3 is 2.53 bits per heavy atom. The highest BCUT2D eigenvalue weighted by molar-refractivity contribution is 5.75. The molecule has 1 aromatic carbocycles. The number of rotatable bonds is 7. The predicted molar refractivity (Wildman–Crippen MR) is 59.9 cm³/mol. The maximum absolute atomic E-state index is 10.9. The van der Waals surface area contributed by atoms with Gasteiger partial charge in [0, 0.05) is 6.42 Å². The summed E-state index contributed by atoms with van der Waals surface area (Å²) in [5.41, 5.74) is 8.01. The summed E-state index contributed by atoms with van der Waals surface area (Å²) in [6, 6.07) is 8.18. The number of carboxylic acids is 1. The van der Waals surface area contributed by atoms with E-state index in [9.17, 15) is 9.59 Å². The lowest BCUT2D eigenvalue weighted by Crippen LogP contribution is -2.40. The molecule has 0 spiro atoms. The second-order valence-electron chi connectivity index (χ2n) is 3.45. The first kappa shape index (κ1) is 13.1. The quantitative estimate of drug-likeness (QED) is 0.565. The van der Waals surface area contributed by atoms with Gasteiger partial charge in [0.1, 0.15) is 12.6 Å². The fraction of sp³-hybridized carbons (Fsp3) is 0.273. The summed E-state index contributed by atoms with van der Waals surface area (Å²) in [5, 5.41) is 8.94. The van der Waals surface area contributed by atoms with Gasteiger partial charge >= 0.3 is 5.97 Å². The van der Waals surface area contributed by atoms with Crippen LogP contribution in [0.25, 0.3) is 0 Å². The Labute approximate surface area is 98.3 Å². The van der Waals surface area contributed by atoms with Crippen LogP contribution in [0.1, 0.15) is 5.56 Å². The van der Waals surface area contributed by atoms with Crippen LogP contribution in [0, 0.1) is 0 Å². The lowest BCUT2D eigenvalue weighted by molar-refractivity contribution is -0.146. The van der Waals surface area contributed by atoms with Crippen LogP contribution in [0.3, 0.4) is 0 Å².